The molecule has 1 aromatic carbocycles. The average molecular weight is 299 g/mol. The monoisotopic (exact) mass is 298 g/mol. The fourth-order valence-electron chi connectivity index (χ4n) is 1.64. The van der Waals surface area contributed by atoms with Gasteiger partial charge in [0.25, 0.3) is 0 Å². The Morgan fingerprint density at radius 2 is 2.06 bits per heavy atom. The van der Waals surface area contributed by atoms with Crippen LogP contribution < -0.4 is 11.1 Å². The van der Waals surface area contributed by atoms with E-state index in [0.717, 1.165) is 22.9 Å². The van der Waals surface area contributed by atoms with Gasteiger partial charge in [0.15, 0.2) is 0 Å². The van der Waals surface area contributed by atoms with Crippen LogP contribution in [-0.4, -0.2) is 12.5 Å². The second kappa shape index (κ2) is 7.45. The van der Waals surface area contributed by atoms with Crippen molar-refractivity contribution in [1.29, 1.82) is 0 Å². The van der Waals surface area contributed by atoms with Crippen molar-refractivity contribution in [3.8, 4) is 0 Å². The Balaban J connectivity index is 2.44. The van der Waals surface area contributed by atoms with Gasteiger partial charge in [-0.1, -0.05) is 41.4 Å². The normalized spacial score (nSPS) is 12.2. The highest BCUT2D eigenvalue weighted by molar-refractivity contribution is 9.10. The lowest BCUT2D eigenvalue weighted by Crippen LogP contribution is -2.34. The minimum Gasteiger partial charge on any atom is -0.352 e. The lowest BCUT2D eigenvalue weighted by molar-refractivity contribution is -0.125. The fraction of sp³-hybridized carbons (Fsp3) is 0.462. The first-order valence-electron chi connectivity index (χ1n) is 5.89. The van der Waals surface area contributed by atoms with Crippen LogP contribution in [0.25, 0.3) is 0 Å². The van der Waals surface area contributed by atoms with Gasteiger partial charge in [0, 0.05) is 17.6 Å². The van der Waals surface area contributed by atoms with E-state index in [4.69, 9.17) is 5.73 Å². The third kappa shape index (κ3) is 4.88. The van der Waals surface area contributed by atoms with Gasteiger partial charge < -0.3 is 11.1 Å². The molecule has 0 aromatic heterocycles. The van der Waals surface area contributed by atoms with Gasteiger partial charge in [-0.05, 0) is 24.1 Å². The quantitative estimate of drug-likeness (QED) is 0.847. The van der Waals surface area contributed by atoms with Gasteiger partial charge in [-0.2, -0.15) is 0 Å². The number of halogens is 1. The highest BCUT2D eigenvalue weighted by atomic mass is 79.9. The average Bonchev–Trinajstić information content (AvgIpc) is 2.35. The van der Waals surface area contributed by atoms with Crippen molar-refractivity contribution in [3.63, 3.8) is 0 Å². The maximum absolute atomic E-state index is 11.8. The molecule has 3 N–H and O–H groups in total. The molecule has 0 saturated carbocycles. The summed E-state index contributed by atoms with van der Waals surface area (Å²) in [6, 6.07) is 7.91. The number of carbonyl (C=O) groups excluding carboxylic acids is 1. The van der Waals surface area contributed by atoms with Crippen LogP contribution in [0.5, 0.6) is 0 Å². The summed E-state index contributed by atoms with van der Waals surface area (Å²) >= 11 is 3.38. The second-order valence-electron chi connectivity index (χ2n) is 4.07. The highest BCUT2D eigenvalue weighted by Crippen LogP contribution is 2.11. The zero-order valence-electron chi connectivity index (χ0n) is 10.1. The summed E-state index contributed by atoms with van der Waals surface area (Å²) in [5.74, 6) is -0.00674. The summed E-state index contributed by atoms with van der Waals surface area (Å²) in [5.41, 5.74) is 6.67. The highest BCUT2D eigenvalue weighted by Gasteiger charge is 2.14. The van der Waals surface area contributed by atoms with E-state index in [-0.39, 0.29) is 11.8 Å². The first-order valence-corrected chi connectivity index (χ1v) is 6.69. The molecule has 0 heterocycles. The SMILES string of the molecule is CCCC(CN)C(=O)NCc1ccc(Br)cc1. The molecule has 1 amide bonds. The third-order valence-corrected chi connectivity index (χ3v) is 3.20. The van der Waals surface area contributed by atoms with E-state index < -0.39 is 0 Å². The summed E-state index contributed by atoms with van der Waals surface area (Å²) in [7, 11) is 0. The second-order valence-corrected chi connectivity index (χ2v) is 4.98. The van der Waals surface area contributed by atoms with Gasteiger partial charge >= 0.3 is 0 Å². The maximum Gasteiger partial charge on any atom is 0.224 e. The van der Waals surface area contributed by atoms with Crippen LogP contribution in [0.1, 0.15) is 25.3 Å². The molecule has 0 bridgehead atoms. The van der Waals surface area contributed by atoms with Crippen LogP contribution in [0.4, 0.5) is 0 Å². The first-order chi connectivity index (χ1) is 8.17. The van der Waals surface area contributed by atoms with Crippen molar-refractivity contribution in [1.82, 2.24) is 5.32 Å². The van der Waals surface area contributed by atoms with Crippen molar-refractivity contribution in [2.45, 2.75) is 26.3 Å². The van der Waals surface area contributed by atoms with Crippen molar-refractivity contribution in [2.24, 2.45) is 11.7 Å². The Bertz CT molecular complexity index is 351. The van der Waals surface area contributed by atoms with Gasteiger partial charge in [0.1, 0.15) is 0 Å². The van der Waals surface area contributed by atoms with E-state index in [1.165, 1.54) is 0 Å². The summed E-state index contributed by atoms with van der Waals surface area (Å²) in [4.78, 5) is 11.8. The van der Waals surface area contributed by atoms with Crippen molar-refractivity contribution < 1.29 is 4.79 Å². The Hall–Kier alpha value is -0.870. The number of rotatable bonds is 6. The molecule has 1 rings (SSSR count). The number of hydrogen-bond donors (Lipinski definition) is 2. The van der Waals surface area contributed by atoms with Gasteiger partial charge in [0.05, 0.1) is 5.92 Å². The predicted molar refractivity (Wildman–Crippen MR) is 73.4 cm³/mol. The van der Waals surface area contributed by atoms with Crippen LogP contribution in [0.2, 0.25) is 0 Å². The fourth-order valence-corrected chi connectivity index (χ4v) is 1.90. The van der Waals surface area contributed by atoms with E-state index in [0.29, 0.717) is 13.1 Å². The maximum atomic E-state index is 11.8. The minimum atomic E-state index is -0.0598. The number of benzene rings is 1. The number of nitrogens with one attached hydrogen (secondary N) is 1. The third-order valence-electron chi connectivity index (χ3n) is 2.67. The number of nitrogens with two attached hydrogens (primary N) is 1. The van der Waals surface area contributed by atoms with Gasteiger partial charge in [-0.15, -0.1) is 0 Å². The molecule has 0 spiro atoms. The Kier molecular flexibility index (Phi) is 6.22. The molecule has 0 aliphatic carbocycles. The summed E-state index contributed by atoms with van der Waals surface area (Å²) < 4.78 is 1.04. The van der Waals surface area contributed by atoms with E-state index in [1.54, 1.807) is 0 Å². The zero-order valence-corrected chi connectivity index (χ0v) is 11.7. The molecule has 3 nitrogen and oxygen atoms in total. The van der Waals surface area contributed by atoms with Crippen LogP contribution >= 0.6 is 15.9 Å². The first kappa shape index (κ1) is 14.2. The summed E-state index contributed by atoms with van der Waals surface area (Å²) in [6.45, 7) is 3.04. The van der Waals surface area contributed by atoms with E-state index >= 15 is 0 Å². The molecule has 17 heavy (non-hydrogen) atoms. The smallest absolute Gasteiger partial charge is 0.224 e. The van der Waals surface area contributed by atoms with Crippen LogP contribution in [-0.2, 0) is 11.3 Å². The Morgan fingerprint density at radius 1 is 1.41 bits per heavy atom. The lowest BCUT2D eigenvalue weighted by atomic mass is 10.0. The summed E-state index contributed by atoms with van der Waals surface area (Å²) in [6.07, 6.45) is 1.83. The molecule has 0 fully saturated rings. The van der Waals surface area contributed by atoms with E-state index in [2.05, 4.69) is 28.2 Å². The van der Waals surface area contributed by atoms with Crippen LogP contribution in [0, 0.1) is 5.92 Å². The van der Waals surface area contributed by atoms with Crippen molar-refractivity contribution in [3.05, 3.63) is 34.3 Å². The van der Waals surface area contributed by atoms with Crippen LogP contribution in [0.15, 0.2) is 28.7 Å². The van der Waals surface area contributed by atoms with Gasteiger partial charge in [-0.25, -0.2) is 0 Å². The number of hydrogen-bond acceptors (Lipinski definition) is 2. The molecular weight excluding hydrogens is 280 g/mol. The van der Waals surface area contributed by atoms with Crippen molar-refractivity contribution >= 4 is 21.8 Å². The molecule has 0 aliphatic heterocycles. The van der Waals surface area contributed by atoms with Crippen molar-refractivity contribution in [2.75, 3.05) is 6.54 Å². The minimum absolute atomic E-state index is 0.0530. The number of carbonyl (C=O) groups is 1. The number of amides is 1. The largest absolute Gasteiger partial charge is 0.352 e. The zero-order chi connectivity index (χ0) is 12.7. The standard InChI is InChI=1S/C13H19BrN2O/c1-2-3-11(8-15)13(17)16-9-10-4-6-12(14)7-5-10/h4-7,11H,2-3,8-9,15H2,1H3,(H,16,17). The van der Waals surface area contributed by atoms with E-state index in [1.807, 2.05) is 24.3 Å². The molecule has 94 valence electrons. The molecule has 1 aromatic rings. The Morgan fingerprint density at radius 3 is 2.59 bits per heavy atom. The van der Waals surface area contributed by atoms with Gasteiger partial charge in [0.2, 0.25) is 5.91 Å². The van der Waals surface area contributed by atoms with E-state index in [9.17, 15) is 4.79 Å². The van der Waals surface area contributed by atoms with Crippen LogP contribution in [0.3, 0.4) is 0 Å². The molecule has 0 saturated heterocycles. The lowest BCUT2D eigenvalue weighted by Gasteiger charge is -2.13. The molecule has 1 atom stereocenters. The predicted octanol–water partition coefficient (Wildman–Crippen LogP) is 2.44. The molecule has 1 unspecified atom stereocenters. The summed E-state index contributed by atoms with van der Waals surface area (Å²) in [5, 5.41) is 2.92. The van der Waals surface area contributed by atoms with Gasteiger partial charge in [-0.3, -0.25) is 4.79 Å². The molecule has 0 radical (unpaired) electrons. The molecule has 4 heteroatoms. The Labute approximate surface area is 111 Å². The topological polar surface area (TPSA) is 55.1 Å². The molecular formula is C13H19BrN2O. The molecule has 0 aliphatic rings.